The molecule has 0 radical (unpaired) electrons. The molecule has 3 aromatic carbocycles. The van der Waals surface area contributed by atoms with Gasteiger partial charge in [-0.1, -0.05) is 17.7 Å². The molecule has 0 saturated heterocycles. The van der Waals surface area contributed by atoms with Gasteiger partial charge in [0, 0.05) is 11.3 Å². The molecule has 3 aromatic rings. The van der Waals surface area contributed by atoms with Gasteiger partial charge in [0.15, 0.2) is 6.61 Å². The second-order valence-corrected chi connectivity index (χ2v) is 6.44. The fourth-order valence-corrected chi connectivity index (χ4v) is 2.77. The number of hydrogen-bond acceptors (Lipinski definition) is 4. The van der Waals surface area contributed by atoms with E-state index in [-0.39, 0.29) is 18.4 Å². The van der Waals surface area contributed by atoms with E-state index < -0.39 is 0 Å². The molecule has 2 amide bonds. The van der Waals surface area contributed by atoms with E-state index in [4.69, 9.17) is 9.47 Å². The maximum Gasteiger partial charge on any atom is 0.262 e. The number of amides is 2. The van der Waals surface area contributed by atoms with E-state index in [1.807, 2.05) is 31.2 Å². The van der Waals surface area contributed by atoms with Gasteiger partial charge in [0.05, 0.1) is 5.69 Å². The highest BCUT2D eigenvalue weighted by molar-refractivity contribution is 6.05. The predicted molar refractivity (Wildman–Crippen MR) is 106 cm³/mol. The molecule has 0 spiro atoms. The van der Waals surface area contributed by atoms with Crippen LogP contribution in [0.5, 0.6) is 17.2 Å². The van der Waals surface area contributed by atoms with Crippen molar-refractivity contribution in [3.63, 3.8) is 0 Å². The summed E-state index contributed by atoms with van der Waals surface area (Å²) in [5, 5.41) is 5.53. The molecule has 0 aromatic heterocycles. The van der Waals surface area contributed by atoms with E-state index in [0.29, 0.717) is 28.4 Å². The Kier molecular flexibility index (Phi) is 4.68. The molecule has 0 unspecified atom stereocenters. The van der Waals surface area contributed by atoms with Gasteiger partial charge >= 0.3 is 0 Å². The summed E-state index contributed by atoms with van der Waals surface area (Å²) in [5.74, 6) is 1.44. The zero-order valence-corrected chi connectivity index (χ0v) is 15.2. The molecule has 28 heavy (non-hydrogen) atoms. The largest absolute Gasteiger partial charge is 0.482 e. The van der Waals surface area contributed by atoms with E-state index in [1.165, 1.54) is 5.56 Å². The number of anilines is 2. The van der Waals surface area contributed by atoms with E-state index in [0.717, 1.165) is 5.75 Å². The van der Waals surface area contributed by atoms with Gasteiger partial charge in [-0.3, -0.25) is 9.59 Å². The topological polar surface area (TPSA) is 76.7 Å². The zero-order valence-electron chi connectivity index (χ0n) is 15.2. The first-order chi connectivity index (χ1) is 13.6. The molecule has 1 aliphatic heterocycles. The van der Waals surface area contributed by atoms with E-state index in [9.17, 15) is 9.59 Å². The van der Waals surface area contributed by atoms with Gasteiger partial charge in [-0.05, 0) is 61.5 Å². The molecular formula is C22H18N2O4. The number of aryl methyl sites for hydroxylation is 1. The van der Waals surface area contributed by atoms with Crippen molar-refractivity contribution >= 4 is 23.2 Å². The van der Waals surface area contributed by atoms with Crippen molar-refractivity contribution in [2.45, 2.75) is 6.92 Å². The zero-order chi connectivity index (χ0) is 19.5. The first-order valence-corrected chi connectivity index (χ1v) is 8.79. The Morgan fingerprint density at radius 1 is 1.00 bits per heavy atom. The Morgan fingerprint density at radius 2 is 1.68 bits per heavy atom. The molecule has 0 aliphatic carbocycles. The summed E-state index contributed by atoms with van der Waals surface area (Å²) < 4.78 is 11.1. The van der Waals surface area contributed by atoms with Crippen molar-refractivity contribution < 1.29 is 19.1 Å². The minimum Gasteiger partial charge on any atom is -0.482 e. The molecule has 140 valence electrons. The van der Waals surface area contributed by atoms with Crippen LogP contribution in [-0.2, 0) is 4.79 Å². The van der Waals surface area contributed by atoms with Gasteiger partial charge in [0.2, 0.25) is 0 Å². The van der Waals surface area contributed by atoms with Crippen molar-refractivity contribution in [2.75, 3.05) is 17.2 Å². The van der Waals surface area contributed by atoms with Gasteiger partial charge in [0.1, 0.15) is 17.2 Å². The number of benzene rings is 3. The average Bonchev–Trinajstić information content (AvgIpc) is 2.70. The molecule has 1 heterocycles. The molecule has 2 N–H and O–H groups in total. The van der Waals surface area contributed by atoms with Crippen molar-refractivity contribution in [2.24, 2.45) is 0 Å². The smallest absolute Gasteiger partial charge is 0.262 e. The van der Waals surface area contributed by atoms with Crippen LogP contribution in [0.15, 0.2) is 66.7 Å². The standard InChI is InChI=1S/C22H18N2O4/c1-14-2-7-17(8-3-14)28-18-9-5-16(6-10-18)23-22(26)15-4-11-19-20(12-15)27-13-21(25)24-19/h2-12H,13H2,1H3,(H,23,26)(H,24,25). The lowest BCUT2D eigenvalue weighted by atomic mass is 10.1. The van der Waals surface area contributed by atoms with Gasteiger partial charge in [0.25, 0.3) is 11.8 Å². The van der Waals surface area contributed by atoms with Crippen LogP contribution in [0.2, 0.25) is 0 Å². The summed E-state index contributed by atoms with van der Waals surface area (Å²) in [4.78, 5) is 23.8. The average molecular weight is 374 g/mol. The van der Waals surface area contributed by atoms with E-state index in [2.05, 4.69) is 10.6 Å². The molecule has 0 fully saturated rings. The summed E-state index contributed by atoms with van der Waals surface area (Å²) in [7, 11) is 0. The Hall–Kier alpha value is -3.80. The molecule has 0 saturated carbocycles. The van der Waals surface area contributed by atoms with Gasteiger partial charge < -0.3 is 20.1 Å². The minimum atomic E-state index is -0.268. The van der Waals surface area contributed by atoms with Crippen LogP contribution in [0.1, 0.15) is 15.9 Å². The van der Waals surface area contributed by atoms with Crippen LogP contribution in [0.25, 0.3) is 0 Å². The molecule has 1 aliphatic rings. The highest BCUT2D eigenvalue weighted by atomic mass is 16.5. The van der Waals surface area contributed by atoms with Crippen LogP contribution in [0, 0.1) is 6.92 Å². The lowest BCUT2D eigenvalue weighted by molar-refractivity contribution is -0.118. The summed E-state index contributed by atoms with van der Waals surface area (Å²) in [6, 6.07) is 19.8. The Bertz CT molecular complexity index is 1030. The SMILES string of the molecule is Cc1ccc(Oc2ccc(NC(=O)c3ccc4c(c3)OCC(=O)N4)cc2)cc1. The number of nitrogens with one attached hydrogen (secondary N) is 2. The molecule has 6 nitrogen and oxygen atoms in total. The monoisotopic (exact) mass is 374 g/mol. The fraction of sp³-hybridized carbons (Fsp3) is 0.0909. The van der Waals surface area contributed by atoms with Crippen LogP contribution in [0.3, 0.4) is 0 Å². The second kappa shape index (κ2) is 7.44. The Labute approximate surface area is 162 Å². The van der Waals surface area contributed by atoms with Crippen LogP contribution in [0.4, 0.5) is 11.4 Å². The number of ether oxygens (including phenoxy) is 2. The number of hydrogen-bond donors (Lipinski definition) is 2. The summed E-state index contributed by atoms with van der Waals surface area (Å²) >= 11 is 0. The maximum atomic E-state index is 12.5. The lowest BCUT2D eigenvalue weighted by Gasteiger charge is -2.18. The maximum absolute atomic E-state index is 12.5. The van der Waals surface area contributed by atoms with Gasteiger partial charge in [-0.2, -0.15) is 0 Å². The highest BCUT2D eigenvalue weighted by Crippen LogP contribution is 2.29. The van der Waals surface area contributed by atoms with Crippen LogP contribution in [-0.4, -0.2) is 18.4 Å². The third-order valence-corrected chi connectivity index (χ3v) is 4.25. The first kappa shape index (κ1) is 17.6. The van der Waals surface area contributed by atoms with Crippen molar-refractivity contribution in [3.8, 4) is 17.2 Å². The quantitative estimate of drug-likeness (QED) is 0.711. The number of rotatable bonds is 4. The number of carbonyl (C=O) groups excluding carboxylic acids is 2. The summed E-state index contributed by atoms with van der Waals surface area (Å²) in [5.41, 5.74) is 2.81. The van der Waals surface area contributed by atoms with Gasteiger partial charge in [-0.15, -0.1) is 0 Å². The van der Waals surface area contributed by atoms with E-state index >= 15 is 0 Å². The minimum absolute atomic E-state index is 0.0550. The Balaban J connectivity index is 1.42. The highest BCUT2D eigenvalue weighted by Gasteiger charge is 2.18. The van der Waals surface area contributed by atoms with Crippen molar-refractivity contribution in [3.05, 3.63) is 77.9 Å². The van der Waals surface area contributed by atoms with Crippen molar-refractivity contribution in [1.82, 2.24) is 0 Å². The lowest BCUT2D eigenvalue weighted by Crippen LogP contribution is -2.25. The van der Waals surface area contributed by atoms with Gasteiger partial charge in [-0.25, -0.2) is 0 Å². The number of fused-ring (bicyclic) bond motifs is 1. The molecule has 4 rings (SSSR count). The third kappa shape index (κ3) is 3.96. The molecule has 6 heteroatoms. The third-order valence-electron chi connectivity index (χ3n) is 4.25. The summed E-state index contributed by atoms with van der Waals surface area (Å²) in [6.07, 6.45) is 0. The number of carbonyl (C=O) groups is 2. The van der Waals surface area contributed by atoms with E-state index in [1.54, 1.807) is 42.5 Å². The van der Waals surface area contributed by atoms with Crippen molar-refractivity contribution in [1.29, 1.82) is 0 Å². The molecular weight excluding hydrogens is 356 g/mol. The summed E-state index contributed by atoms with van der Waals surface area (Å²) in [6.45, 7) is 1.96. The normalized spacial score (nSPS) is 12.4. The van der Waals surface area contributed by atoms with Crippen LogP contribution < -0.4 is 20.1 Å². The Morgan fingerprint density at radius 3 is 2.39 bits per heavy atom. The molecule has 0 bridgehead atoms. The fourth-order valence-electron chi connectivity index (χ4n) is 2.77. The van der Waals surface area contributed by atoms with Crippen LogP contribution >= 0.6 is 0 Å². The molecule has 0 atom stereocenters. The predicted octanol–water partition coefficient (Wildman–Crippen LogP) is 4.37. The second-order valence-electron chi connectivity index (χ2n) is 6.44. The first-order valence-electron chi connectivity index (χ1n) is 8.79.